The molecular formula is C24H25N3O2. The van der Waals surface area contributed by atoms with Gasteiger partial charge in [-0.2, -0.15) is 9.78 Å². The van der Waals surface area contributed by atoms with Crippen LogP contribution in [0.25, 0.3) is 5.69 Å². The predicted octanol–water partition coefficient (Wildman–Crippen LogP) is 4.03. The standard InChI is InChI=1S/C24H25N3O2/c1-26(20-14-12-19(13-15-20)18-8-4-2-5-9-18)24(29)22-16-17-23(28)27(25-22)21-10-6-3-7-11-21/h2-11,16-17,19-20H,12-15H2,1H3. The molecule has 1 fully saturated rings. The monoisotopic (exact) mass is 387 g/mol. The molecule has 1 aromatic heterocycles. The van der Waals surface area contributed by atoms with Crippen molar-refractivity contribution in [3.05, 3.63) is 94.4 Å². The molecule has 0 spiro atoms. The molecule has 2 aromatic carbocycles. The van der Waals surface area contributed by atoms with E-state index in [1.54, 1.807) is 17.0 Å². The van der Waals surface area contributed by atoms with Gasteiger partial charge in [0.05, 0.1) is 5.69 Å². The normalized spacial score (nSPS) is 18.9. The zero-order valence-electron chi connectivity index (χ0n) is 16.6. The van der Waals surface area contributed by atoms with Crippen LogP contribution in [0.5, 0.6) is 0 Å². The van der Waals surface area contributed by atoms with Crippen molar-refractivity contribution in [2.75, 3.05) is 7.05 Å². The van der Waals surface area contributed by atoms with E-state index in [2.05, 4.69) is 29.4 Å². The highest BCUT2D eigenvalue weighted by molar-refractivity contribution is 5.92. The van der Waals surface area contributed by atoms with E-state index in [-0.39, 0.29) is 17.5 Å². The zero-order chi connectivity index (χ0) is 20.2. The second-order valence-electron chi connectivity index (χ2n) is 7.64. The average molecular weight is 387 g/mol. The highest BCUT2D eigenvalue weighted by Crippen LogP contribution is 2.34. The van der Waals surface area contributed by atoms with Crippen LogP contribution in [0.2, 0.25) is 0 Å². The lowest BCUT2D eigenvalue weighted by molar-refractivity contribution is 0.0681. The molecule has 0 N–H and O–H groups in total. The molecule has 0 unspecified atom stereocenters. The van der Waals surface area contributed by atoms with Crippen LogP contribution < -0.4 is 5.56 Å². The first-order valence-corrected chi connectivity index (χ1v) is 10.1. The number of nitrogens with zero attached hydrogens (tertiary/aromatic N) is 3. The predicted molar refractivity (Wildman–Crippen MR) is 113 cm³/mol. The van der Waals surface area contributed by atoms with Gasteiger partial charge in [0.25, 0.3) is 11.5 Å². The number of carbonyl (C=O) groups is 1. The molecule has 1 aliphatic rings. The highest BCUT2D eigenvalue weighted by Gasteiger charge is 2.28. The first-order valence-electron chi connectivity index (χ1n) is 10.1. The highest BCUT2D eigenvalue weighted by atomic mass is 16.2. The zero-order valence-corrected chi connectivity index (χ0v) is 16.6. The maximum Gasteiger partial charge on any atom is 0.274 e. The third kappa shape index (κ3) is 4.14. The lowest BCUT2D eigenvalue weighted by Gasteiger charge is -2.34. The van der Waals surface area contributed by atoms with E-state index in [1.165, 1.54) is 22.4 Å². The van der Waals surface area contributed by atoms with E-state index in [0.29, 0.717) is 17.3 Å². The number of rotatable bonds is 4. The van der Waals surface area contributed by atoms with Crippen LogP contribution >= 0.6 is 0 Å². The molecule has 1 amide bonds. The molecule has 0 atom stereocenters. The molecular weight excluding hydrogens is 362 g/mol. The summed E-state index contributed by atoms with van der Waals surface area (Å²) >= 11 is 0. The summed E-state index contributed by atoms with van der Waals surface area (Å²) < 4.78 is 1.29. The fourth-order valence-corrected chi connectivity index (χ4v) is 4.15. The minimum absolute atomic E-state index is 0.141. The van der Waals surface area contributed by atoms with Crippen molar-refractivity contribution in [2.24, 2.45) is 0 Å². The number of amides is 1. The first-order chi connectivity index (χ1) is 14.1. The second kappa shape index (κ2) is 8.43. The number of para-hydroxylation sites is 1. The fraction of sp³-hybridized carbons (Fsp3) is 0.292. The Bertz CT molecular complexity index is 1020. The van der Waals surface area contributed by atoms with Crippen molar-refractivity contribution in [1.82, 2.24) is 14.7 Å². The molecule has 0 aliphatic heterocycles. The maximum atomic E-state index is 13.0. The smallest absolute Gasteiger partial charge is 0.274 e. The van der Waals surface area contributed by atoms with Crippen LogP contribution in [0.3, 0.4) is 0 Å². The van der Waals surface area contributed by atoms with Crippen molar-refractivity contribution in [3.8, 4) is 5.69 Å². The van der Waals surface area contributed by atoms with Gasteiger partial charge in [0, 0.05) is 19.2 Å². The third-order valence-electron chi connectivity index (χ3n) is 5.86. The van der Waals surface area contributed by atoms with E-state index < -0.39 is 0 Å². The summed E-state index contributed by atoms with van der Waals surface area (Å²) in [5.74, 6) is 0.423. The van der Waals surface area contributed by atoms with E-state index in [1.807, 2.05) is 31.3 Å². The Hall–Kier alpha value is -3.21. The first kappa shape index (κ1) is 19.1. The topological polar surface area (TPSA) is 55.2 Å². The van der Waals surface area contributed by atoms with Crippen molar-refractivity contribution >= 4 is 5.91 Å². The Kier molecular flexibility index (Phi) is 5.56. The van der Waals surface area contributed by atoms with Crippen molar-refractivity contribution in [3.63, 3.8) is 0 Å². The van der Waals surface area contributed by atoms with E-state index in [4.69, 9.17) is 0 Å². The van der Waals surface area contributed by atoms with Crippen LogP contribution in [0, 0.1) is 0 Å². The van der Waals surface area contributed by atoms with Crippen LogP contribution in [0.4, 0.5) is 0 Å². The van der Waals surface area contributed by atoms with Gasteiger partial charge in [-0.3, -0.25) is 9.59 Å². The van der Waals surface area contributed by atoms with Crippen LogP contribution in [0.1, 0.15) is 47.7 Å². The largest absolute Gasteiger partial charge is 0.337 e. The molecule has 5 heteroatoms. The van der Waals surface area contributed by atoms with Gasteiger partial charge < -0.3 is 4.90 Å². The minimum atomic E-state index is -0.251. The number of hydrogen-bond donors (Lipinski definition) is 0. The van der Waals surface area contributed by atoms with Gasteiger partial charge in [-0.15, -0.1) is 0 Å². The summed E-state index contributed by atoms with van der Waals surface area (Å²) in [5, 5.41) is 4.33. The van der Waals surface area contributed by atoms with E-state index in [0.717, 1.165) is 25.7 Å². The molecule has 29 heavy (non-hydrogen) atoms. The molecule has 3 aromatic rings. The quantitative estimate of drug-likeness (QED) is 0.679. The number of carbonyl (C=O) groups excluding carboxylic acids is 1. The van der Waals surface area contributed by atoms with Crippen LogP contribution in [-0.2, 0) is 0 Å². The summed E-state index contributed by atoms with van der Waals surface area (Å²) in [6, 6.07) is 22.9. The molecule has 0 radical (unpaired) electrons. The number of benzene rings is 2. The molecule has 0 bridgehead atoms. The Morgan fingerprint density at radius 3 is 2.17 bits per heavy atom. The Labute approximate surface area is 170 Å². The van der Waals surface area contributed by atoms with E-state index in [9.17, 15) is 9.59 Å². The molecule has 1 aliphatic carbocycles. The van der Waals surface area contributed by atoms with Gasteiger partial charge in [-0.1, -0.05) is 48.5 Å². The summed E-state index contributed by atoms with van der Waals surface area (Å²) in [4.78, 5) is 27.0. The van der Waals surface area contributed by atoms with Crippen molar-refractivity contribution in [2.45, 2.75) is 37.6 Å². The van der Waals surface area contributed by atoms with Crippen LogP contribution in [-0.4, -0.2) is 33.7 Å². The maximum absolute atomic E-state index is 13.0. The molecule has 1 heterocycles. The number of aromatic nitrogens is 2. The van der Waals surface area contributed by atoms with Gasteiger partial charge in [0.15, 0.2) is 0 Å². The van der Waals surface area contributed by atoms with Gasteiger partial charge in [-0.25, -0.2) is 0 Å². The lowest BCUT2D eigenvalue weighted by Crippen LogP contribution is -2.40. The van der Waals surface area contributed by atoms with Gasteiger partial charge in [0.2, 0.25) is 0 Å². The minimum Gasteiger partial charge on any atom is -0.337 e. The molecule has 0 saturated heterocycles. The third-order valence-corrected chi connectivity index (χ3v) is 5.86. The molecule has 148 valence electrons. The molecule has 5 nitrogen and oxygen atoms in total. The van der Waals surface area contributed by atoms with Gasteiger partial charge >= 0.3 is 0 Å². The number of hydrogen-bond acceptors (Lipinski definition) is 3. The Morgan fingerprint density at radius 2 is 1.52 bits per heavy atom. The average Bonchev–Trinajstić information content (AvgIpc) is 2.80. The Balaban J connectivity index is 1.47. The lowest BCUT2D eigenvalue weighted by atomic mass is 9.81. The summed E-state index contributed by atoms with van der Waals surface area (Å²) in [7, 11) is 1.84. The SMILES string of the molecule is CN(C(=O)c1ccc(=O)n(-c2ccccc2)n1)C1CCC(c2ccccc2)CC1. The Morgan fingerprint density at radius 1 is 0.897 bits per heavy atom. The summed E-state index contributed by atoms with van der Waals surface area (Å²) in [5.41, 5.74) is 2.08. The molecule has 4 rings (SSSR count). The second-order valence-corrected chi connectivity index (χ2v) is 7.64. The van der Waals surface area contributed by atoms with Crippen molar-refractivity contribution in [1.29, 1.82) is 0 Å². The fourth-order valence-electron chi connectivity index (χ4n) is 4.15. The van der Waals surface area contributed by atoms with E-state index >= 15 is 0 Å². The van der Waals surface area contributed by atoms with Crippen molar-refractivity contribution < 1.29 is 4.79 Å². The van der Waals surface area contributed by atoms with Gasteiger partial charge in [0.1, 0.15) is 5.69 Å². The summed E-state index contributed by atoms with van der Waals surface area (Å²) in [6.07, 6.45) is 4.09. The summed E-state index contributed by atoms with van der Waals surface area (Å²) in [6.45, 7) is 0. The molecule has 1 saturated carbocycles. The van der Waals surface area contributed by atoms with Crippen LogP contribution in [0.15, 0.2) is 77.6 Å². The van der Waals surface area contributed by atoms with Gasteiger partial charge in [-0.05, 0) is 55.4 Å².